The summed E-state index contributed by atoms with van der Waals surface area (Å²) in [6.07, 6.45) is 8.80. The zero-order valence-corrected chi connectivity index (χ0v) is 24.6. The molecule has 1 aromatic carbocycles. The molecular weight excluding hydrogens is 544 g/mol. The molecule has 1 amide bonds. The average Bonchev–Trinajstić information content (AvgIpc) is 3.72. The van der Waals surface area contributed by atoms with Crippen LogP contribution in [-0.4, -0.2) is 56.4 Å². The number of nitrogens with one attached hydrogen (secondary N) is 2. The molecule has 192 valence electrons. The molecule has 0 atom stereocenters. The van der Waals surface area contributed by atoms with Crippen LogP contribution in [0.4, 0.5) is 0 Å². The van der Waals surface area contributed by atoms with Gasteiger partial charge in [-0.1, -0.05) is 0 Å². The quantitative estimate of drug-likeness (QED) is 0.144. The van der Waals surface area contributed by atoms with E-state index >= 15 is 0 Å². The molecule has 6 rings (SSSR count). The van der Waals surface area contributed by atoms with Crippen LogP contribution < -0.4 is 0 Å². The fourth-order valence-corrected chi connectivity index (χ4v) is 3.47. The molecule has 3 N–H and O–H groups in total. The van der Waals surface area contributed by atoms with Gasteiger partial charge in [-0.3, -0.25) is 4.79 Å². The van der Waals surface area contributed by atoms with Crippen molar-refractivity contribution in [2.45, 2.75) is 0 Å². The molecule has 0 spiro atoms. The number of hydrogen-bond acceptors (Lipinski definition) is 4. The van der Waals surface area contributed by atoms with Crippen LogP contribution in [-0.2, 0) is 24.3 Å². The van der Waals surface area contributed by atoms with Gasteiger partial charge < -0.3 is 20.0 Å². The molecule has 2 aliphatic rings. The van der Waals surface area contributed by atoms with Crippen LogP contribution in [0.1, 0.15) is 33.1 Å². The molecule has 0 unspecified atom stereocenters. The monoisotopic (exact) mass is 568 g/mol. The number of carboxylic acid groups (broad SMARTS) is 1. The molecule has 2 aliphatic heterocycles. The van der Waals surface area contributed by atoms with Crippen molar-refractivity contribution in [1.29, 1.82) is 0 Å². The smallest absolute Gasteiger partial charge is 0.311 e. The van der Waals surface area contributed by atoms with Crippen LogP contribution in [0.5, 0.6) is 0 Å². The van der Waals surface area contributed by atoms with Crippen molar-refractivity contribution in [3.8, 4) is 0 Å². The minimum atomic E-state index is -0.899. The summed E-state index contributed by atoms with van der Waals surface area (Å²) in [5.74, 6) is -0.899. The first kappa shape index (κ1) is 28.9. The van der Waals surface area contributed by atoms with Crippen LogP contribution in [0, 0.1) is 6.07 Å². The Hall–Kier alpha value is -4.62. The first-order valence-electron chi connectivity index (χ1n) is 11.7. The number of aromatic amines is 2. The maximum atomic E-state index is 10.2. The van der Waals surface area contributed by atoms with Gasteiger partial charge in [-0.05, 0) is 78.4 Å². The first-order valence-corrected chi connectivity index (χ1v) is 11.7. The first-order chi connectivity index (χ1) is 18.4. The van der Waals surface area contributed by atoms with E-state index in [2.05, 4.69) is 56.3 Å². The fourth-order valence-electron chi connectivity index (χ4n) is 3.47. The summed E-state index contributed by atoms with van der Waals surface area (Å²) in [6, 6.07) is 25.3. The third kappa shape index (κ3) is 8.73. The molecule has 0 saturated heterocycles. The molecule has 8 bridgehead atoms. The molecule has 0 aliphatic carbocycles. The Kier molecular flexibility index (Phi) is 10.2. The van der Waals surface area contributed by atoms with Gasteiger partial charge in [-0.25, -0.2) is 14.8 Å². The van der Waals surface area contributed by atoms with Crippen molar-refractivity contribution in [3.05, 3.63) is 107 Å². The van der Waals surface area contributed by atoms with E-state index in [4.69, 9.17) is 5.11 Å². The Morgan fingerprint density at radius 2 is 1.13 bits per heavy atom. The fraction of sp³-hybridized carbons (Fsp3) is 0.0667. The number of H-pyrrole nitrogens is 2. The number of carbonyl (C=O) groups excluding carboxylic acids is 1. The number of carbonyl (C=O) groups is 2. The standard InChI is InChI=1S/C20H14N4.C7H5O2.C3H7NO.Zn/c1-2-14-10-16-5-6-18(23-16)12-20-8-7-19(24-20)11-17-4-3-15(22-17)9-13(1)21-14;8-7(9)6-4-2-1-3-5-6;1-4(2)3-5;/h1-12,21-22H;2-5H,(H,8,9);3H,1-2H3;/q;-1;;. The SMILES string of the molecule is C1=Cc2cc3ccc(cc4ccc(cc5nc(cc1n2)C=C5)[nH]4)[nH]3.CN(C)C=O.O=C(O)c1cc[c-]cc1.[Zn]. The van der Waals surface area contributed by atoms with Gasteiger partial charge in [-0.2, -0.15) is 30.3 Å². The maximum absolute atomic E-state index is 10.2. The van der Waals surface area contributed by atoms with Crippen LogP contribution in [0.15, 0.2) is 72.8 Å². The van der Waals surface area contributed by atoms with Crippen molar-refractivity contribution in [3.63, 3.8) is 0 Å². The van der Waals surface area contributed by atoms with Gasteiger partial charge in [0.2, 0.25) is 6.41 Å². The zero-order valence-electron chi connectivity index (χ0n) is 21.6. The molecule has 4 aromatic rings. The number of rotatable bonds is 2. The summed E-state index contributed by atoms with van der Waals surface area (Å²) in [5.41, 5.74) is 8.16. The summed E-state index contributed by atoms with van der Waals surface area (Å²) >= 11 is 0. The molecule has 8 nitrogen and oxygen atoms in total. The summed E-state index contributed by atoms with van der Waals surface area (Å²) in [5, 5.41) is 8.37. The molecule has 9 heteroatoms. The summed E-state index contributed by atoms with van der Waals surface area (Å²) in [4.78, 5) is 37.1. The molecule has 3 aromatic heterocycles. The number of aromatic nitrogens is 4. The maximum Gasteiger partial charge on any atom is 0.311 e. The number of nitrogens with zero attached hydrogens (tertiary/aromatic N) is 3. The van der Waals surface area contributed by atoms with Crippen molar-refractivity contribution in [2.75, 3.05) is 14.1 Å². The summed E-state index contributed by atoms with van der Waals surface area (Å²) < 4.78 is 0. The Bertz CT molecular complexity index is 1560. The molecule has 39 heavy (non-hydrogen) atoms. The van der Waals surface area contributed by atoms with Gasteiger partial charge in [0, 0.05) is 55.6 Å². The number of hydrogen-bond donors (Lipinski definition) is 3. The predicted molar refractivity (Wildman–Crippen MR) is 151 cm³/mol. The third-order valence-corrected chi connectivity index (χ3v) is 5.22. The van der Waals surface area contributed by atoms with Crippen LogP contribution in [0.3, 0.4) is 0 Å². The summed E-state index contributed by atoms with van der Waals surface area (Å²) in [6.45, 7) is 0. The molecule has 0 saturated carbocycles. The minimum absolute atomic E-state index is 0. The van der Waals surface area contributed by atoms with Gasteiger partial charge in [-0.15, -0.1) is 0 Å². The third-order valence-electron chi connectivity index (χ3n) is 5.22. The normalized spacial score (nSPS) is 10.7. The predicted octanol–water partition coefficient (Wildman–Crippen LogP) is 5.54. The minimum Gasteiger partial charge on any atom is -0.479 e. The second kappa shape index (κ2) is 13.8. The van der Waals surface area contributed by atoms with E-state index in [1.165, 1.54) is 17.0 Å². The van der Waals surface area contributed by atoms with Crippen molar-refractivity contribution >= 4 is 58.8 Å². The molecule has 0 radical (unpaired) electrons. The van der Waals surface area contributed by atoms with E-state index in [-0.39, 0.29) is 19.5 Å². The number of benzene rings is 1. The van der Waals surface area contributed by atoms with Crippen molar-refractivity contribution in [2.24, 2.45) is 0 Å². The molecule has 5 heterocycles. The van der Waals surface area contributed by atoms with E-state index in [9.17, 15) is 9.59 Å². The Morgan fingerprint density at radius 3 is 1.49 bits per heavy atom. The number of fused-ring (bicyclic) bond motifs is 8. The Balaban J connectivity index is 0.000000234. The van der Waals surface area contributed by atoms with Gasteiger partial charge in [0.1, 0.15) is 0 Å². The largest absolute Gasteiger partial charge is 0.479 e. The van der Waals surface area contributed by atoms with Gasteiger partial charge in [0.25, 0.3) is 0 Å². The zero-order chi connectivity index (χ0) is 26.9. The number of amides is 1. The van der Waals surface area contributed by atoms with Gasteiger partial charge in [0.15, 0.2) is 0 Å². The second-order valence-corrected chi connectivity index (χ2v) is 8.57. The Morgan fingerprint density at radius 1 is 0.744 bits per heavy atom. The van der Waals surface area contributed by atoms with Gasteiger partial charge in [0.05, 0.1) is 22.8 Å². The van der Waals surface area contributed by atoms with Crippen molar-refractivity contribution < 1.29 is 34.2 Å². The van der Waals surface area contributed by atoms with E-state index in [1.807, 2.05) is 42.5 Å². The Labute approximate surface area is 238 Å². The molecular formula is C30H26N5O3Zn-. The van der Waals surface area contributed by atoms with E-state index in [1.54, 1.807) is 26.2 Å². The number of aromatic carboxylic acids is 1. The van der Waals surface area contributed by atoms with Crippen LogP contribution in [0.2, 0.25) is 0 Å². The van der Waals surface area contributed by atoms with E-state index in [0.29, 0.717) is 5.56 Å². The van der Waals surface area contributed by atoms with Gasteiger partial charge >= 0.3 is 5.97 Å². The van der Waals surface area contributed by atoms with Crippen LogP contribution >= 0.6 is 0 Å². The van der Waals surface area contributed by atoms with E-state index < -0.39 is 5.97 Å². The second-order valence-electron chi connectivity index (χ2n) is 8.57. The van der Waals surface area contributed by atoms with E-state index in [0.717, 1.165) is 51.3 Å². The summed E-state index contributed by atoms with van der Waals surface area (Å²) in [7, 11) is 3.38. The average molecular weight is 570 g/mol. The van der Waals surface area contributed by atoms with Crippen LogP contribution in [0.25, 0.3) is 46.4 Å². The van der Waals surface area contributed by atoms with Crippen molar-refractivity contribution in [1.82, 2.24) is 24.8 Å². The topological polar surface area (TPSA) is 115 Å². The molecule has 0 fully saturated rings. The number of carboxylic acids is 1.